The molecule has 1 atom stereocenters. The molecule has 4 rings (SSSR count). The van der Waals surface area contributed by atoms with E-state index in [0.29, 0.717) is 57.9 Å². The minimum Gasteiger partial charge on any atom is -0.347 e. The second-order valence-corrected chi connectivity index (χ2v) is 7.57. The van der Waals surface area contributed by atoms with E-state index in [-0.39, 0.29) is 17.7 Å². The van der Waals surface area contributed by atoms with Gasteiger partial charge in [0, 0.05) is 45.2 Å². The topological polar surface area (TPSA) is 84.9 Å². The van der Waals surface area contributed by atoms with Crippen LogP contribution in [0.25, 0.3) is 0 Å². The van der Waals surface area contributed by atoms with Gasteiger partial charge >= 0.3 is 0 Å². The highest BCUT2D eigenvalue weighted by Crippen LogP contribution is 2.32. The first-order valence-corrected chi connectivity index (χ1v) is 9.71. The molecule has 8 nitrogen and oxygen atoms in total. The molecule has 8 heteroatoms. The molecule has 0 N–H and O–H groups in total. The fourth-order valence-electron chi connectivity index (χ4n) is 4.14. The van der Waals surface area contributed by atoms with Crippen LogP contribution in [-0.2, 0) is 14.3 Å². The van der Waals surface area contributed by atoms with Gasteiger partial charge in [0.1, 0.15) is 5.69 Å². The van der Waals surface area contributed by atoms with E-state index in [4.69, 9.17) is 9.47 Å². The Hall–Kier alpha value is -2.06. The maximum absolute atomic E-state index is 13.0. The van der Waals surface area contributed by atoms with E-state index in [1.807, 2.05) is 11.8 Å². The van der Waals surface area contributed by atoms with E-state index < -0.39 is 5.79 Å². The monoisotopic (exact) mass is 374 g/mol. The molecule has 1 unspecified atom stereocenters. The summed E-state index contributed by atoms with van der Waals surface area (Å²) in [6, 6.07) is 0. The van der Waals surface area contributed by atoms with Crippen molar-refractivity contribution in [2.45, 2.75) is 38.4 Å². The fourth-order valence-corrected chi connectivity index (χ4v) is 4.14. The second-order valence-electron chi connectivity index (χ2n) is 7.57. The molecule has 4 heterocycles. The summed E-state index contributed by atoms with van der Waals surface area (Å²) in [6.07, 6.45) is 6.17. The summed E-state index contributed by atoms with van der Waals surface area (Å²) in [7, 11) is 0. The molecule has 1 spiro atoms. The van der Waals surface area contributed by atoms with Crippen molar-refractivity contribution in [3.63, 3.8) is 0 Å². The van der Waals surface area contributed by atoms with E-state index in [1.54, 1.807) is 11.1 Å². The van der Waals surface area contributed by atoms with Crippen LogP contribution in [-0.4, -0.2) is 76.8 Å². The Balaban J connectivity index is 1.35. The number of aryl methyl sites for hydroxylation is 1. The molecule has 3 aliphatic heterocycles. The second kappa shape index (κ2) is 7.52. The Morgan fingerprint density at radius 2 is 1.81 bits per heavy atom. The van der Waals surface area contributed by atoms with Crippen molar-refractivity contribution in [1.82, 2.24) is 19.8 Å². The predicted molar refractivity (Wildman–Crippen MR) is 95.8 cm³/mol. The van der Waals surface area contributed by atoms with Crippen molar-refractivity contribution in [3.8, 4) is 0 Å². The molecule has 2 amide bonds. The lowest BCUT2D eigenvalue weighted by Crippen LogP contribution is -2.52. The number of aromatic nitrogens is 2. The summed E-state index contributed by atoms with van der Waals surface area (Å²) in [6.45, 7) is 5.50. The van der Waals surface area contributed by atoms with Gasteiger partial charge in [-0.15, -0.1) is 0 Å². The molecule has 0 saturated carbocycles. The smallest absolute Gasteiger partial charge is 0.274 e. The van der Waals surface area contributed by atoms with Crippen molar-refractivity contribution < 1.29 is 19.1 Å². The molecule has 0 aromatic carbocycles. The molecule has 0 radical (unpaired) electrons. The van der Waals surface area contributed by atoms with Crippen LogP contribution in [0.1, 0.15) is 41.9 Å². The van der Waals surface area contributed by atoms with Crippen molar-refractivity contribution in [3.05, 3.63) is 23.8 Å². The van der Waals surface area contributed by atoms with Crippen LogP contribution in [0.2, 0.25) is 0 Å². The molecular formula is C19H26N4O4. The lowest BCUT2D eigenvalue weighted by atomic mass is 9.94. The zero-order valence-corrected chi connectivity index (χ0v) is 15.7. The molecule has 1 aromatic rings. The van der Waals surface area contributed by atoms with E-state index in [2.05, 4.69) is 9.97 Å². The number of likely N-dealkylation sites (tertiary alicyclic amines) is 2. The van der Waals surface area contributed by atoms with Gasteiger partial charge in [-0.3, -0.25) is 14.6 Å². The van der Waals surface area contributed by atoms with Crippen molar-refractivity contribution in [2.75, 3.05) is 39.4 Å². The molecule has 1 aromatic heterocycles. The first kappa shape index (κ1) is 18.3. The maximum atomic E-state index is 13.0. The highest BCUT2D eigenvalue weighted by molar-refractivity contribution is 5.92. The van der Waals surface area contributed by atoms with Crippen LogP contribution in [0.15, 0.2) is 12.4 Å². The van der Waals surface area contributed by atoms with Gasteiger partial charge < -0.3 is 19.3 Å². The Morgan fingerprint density at radius 3 is 2.48 bits per heavy atom. The molecule has 27 heavy (non-hydrogen) atoms. The third kappa shape index (κ3) is 3.82. The highest BCUT2D eigenvalue weighted by atomic mass is 16.7. The summed E-state index contributed by atoms with van der Waals surface area (Å²) < 4.78 is 11.5. The Bertz CT molecular complexity index is 692. The van der Waals surface area contributed by atoms with Gasteiger partial charge in [0.15, 0.2) is 5.79 Å². The van der Waals surface area contributed by atoms with Crippen molar-refractivity contribution >= 4 is 11.8 Å². The molecule has 3 aliphatic rings. The molecule has 146 valence electrons. The van der Waals surface area contributed by atoms with Crippen LogP contribution in [0.4, 0.5) is 0 Å². The number of amides is 2. The van der Waals surface area contributed by atoms with Crippen LogP contribution in [0, 0.1) is 12.8 Å². The molecule has 0 aliphatic carbocycles. The first-order chi connectivity index (χ1) is 13.1. The molecule has 3 fully saturated rings. The van der Waals surface area contributed by atoms with Gasteiger partial charge in [-0.1, -0.05) is 0 Å². The summed E-state index contributed by atoms with van der Waals surface area (Å²) in [5, 5.41) is 0. The van der Waals surface area contributed by atoms with Crippen LogP contribution >= 0.6 is 0 Å². The zero-order chi connectivity index (χ0) is 18.9. The lowest BCUT2D eigenvalue weighted by molar-refractivity contribution is -0.188. The van der Waals surface area contributed by atoms with Crippen LogP contribution < -0.4 is 0 Å². The third-order valence-corrected chi connectivity index (χ3v) is 5.71. The predicted octanol–water partition coefficient (Wildman–Crippen LogP) is 1.00. The first-order valence-electron chi connectivity index (χ1n) is 9.71. The minimum absolute atomic E-state index is 0.135. The summed E-state index contributed by atoms with van der Waals surface area (Å²) >= 11 is 0. The van der Waals surface area contributed by atoms with Gasteiger partial charge in [0.2, 0.25) is 5.91 Å². The Kier molecular flexibility index (Phi) is 5.10. The average Bonchev–Trinajstić information content (AvgIpc) is 3.16. The van der Waals surface area contributed by atoms with Gasteiger partial charge in [0.25, 0.3) is 5.91 Å². The minimum atomic E-state index is -0.477. The molecule has 3 saturated heterocycles. The van der Waals surface area contributed by atoms with Crippen molar-refractivity contribution in [2.24, 2.45) is 5.92 Å². The molecular weight excluding hydrogens is 348 g/mol. The standard InChI is InChI=1S/C19H26N4O4/c1-14-11-21-16(12-20-14)18(25)23-6-2-3-15(13-23)17(24)22-7-4-19(5-8-22)26-9-10-27-19/h11-12,15H,2-10,13H2,1H3. The number of hydrogen-bond acceptors (Lipinski definition) is 6. The van der Waals surface area contributed by atoms with Crippen LogP contribution in [0.5, 0.6) is 0 Å². The number of nitrogens with zero attached hydrogens (tertiary/aromatic N) is 4. The number of ether oxygens (including phenoxy) is 2. The fraction of sp³-hybridized carbons (Fsp3) is 0.684. The number of rotatable bonds is 2. The zero-order valence-electron chi connectivity index (χ0n) is 15.7. The number of carbonyl (C=O) groups is 2. The normalized spacial score (nSPS) is 25.0. The van der Waals surface area contributed by atoms with Crippen LogP contribution in [0.3, 0.4) is 0 Å². The average molecular weight is 374 g/mol. The Labute approximate surface area is 158 Å². The lowest BCUT2D eigenvalue weighted by Gasteiger charge is -2.40. The summed E-state index contributed by atoms with van der Waals surface area (Å²) in [5.74, 6) is -0.642. The summed E-state index contributed by atoms with van der Waals surface area (Å²) in [4.78, 5) is 37.6. The third-order valence-electron chi connectivity index (χ3n) is 5.71. The van der Waals surface area contributed by atoms with Gasteiger partial charge in [0.05, 0.1) is 31.0 Å². The van der Waals surface area contributed by atoms with E-state index in [0.717, 1.165) is 18.5 Å². The maximum Gasteiger partial charge on any atom is 0.274 e. The van der Waals surface area contributed by atoms with Crippen molar-refractivity contribution in [1.29, 1.82) is 0 Å². The van der Waals surface area contributed by atoms with E-state index >= 15 is 0 Å². The van der Waals surface area contributed by atoms with E-state index in [1.165, 1.54) is 6.20 Å². The summed E-state index contributed by atoms with van der Waals surface area (Å²) in [5.41, 5.74) is 1.11. The number of piperidine rings is 2. The quantitative estimate of drug-likeness (QED) is 0.768. The highest BCUT2D eigenvalue weighted by Gasteiger charge is 2.42. The van der Waals surface area contributed by atoms with Gasteiger partial charge in [-0.25, -0.2) is 4.98 Å². The largest absolute Gasteiger partial charge is 0.347 e. The number of hydrogen-bond donors (Lipinski definition) is 0. The Morgan fingerprint density at radius 1 is 1.07 bits per heavy atom. The van der Waals surface area contributed by atoms with Gasteiger partial charge in [-0.05, 0) is 19.8 Å². The van der Waals surface area contributed by atoms with Gasteiger partial charge in [-0.2, -0.15) is 0 Å². The SMILES string of the molecule is Cc1cnc(C(=O)N2CCCC(C(=O)N3CCC4(CC3)OCCO4)C2)cn1. The number of carbonyl (C=O) groups excluding carboxylic acids is 2. The van der Waals surface area contributed by atoms with E-state index in [9.17, 15) is 9.59 Å². The molecule has 0 bridgehead atoms.